The van der Waals surface area contributed by atoms with Gasteiger partial charge in [-0.15, -0.1) is 0 Å². The molecule has 184 valence electrons. The number of hydrogen-bond acceptors (Lipinski definition) is 10. The Morgan fingerprint density at radius 2 is 1.91 bits per heavy atom. The number of carbonyl (C=O) groups excluding carboxylic acids is 1. The third-order valence-electron chi connectivity index (χ3n) is 4.53. The predicted octanol–water partition coefficient (Wildman–Crippen LogP) is 3.27. The molecule has 0 fully saturated rings. The molecule has 0 aliphatic carbocycles. The van der Waals surface area contributed by atoms with Crippen LogP contribution in [0.25, 0.3) is 11.2 Å². The number of hydrogen-bond donors (Lipinski definition) is 2. The number of nitrogens with two attached hydrogens (primary N) is 1. The van der Waals surface area contributed by atoms with Crippen molar-refractivity contribution in [3.63, 3.8) is 0 Å². The van der Waals surface area contributed by atoms with Gasteiger partial charge in [0.05, 0.1) is 26.1 Å². The van der Waals surface area contributed by atoms with Crippen LogP contribution >= 0.6 is 31.9 Å². The molecule has 34 heavy (non-hydrogen) atoms. The molecular weight excluding hydrogens is 497 g/mol. The van der Waals surface area contributed by atoms with E-state index in [1.807, 2.05) is 37.4 Å². The van der Waals surface area contributed by atoms with Crippen molar-refractivity contribution in [2.24, 2.45) is 0 Å². The van der Waals surface area contributed by atoms with E-state index in [0.29, 0.717) is 49.7 Å². The monoisotopic (exact) mass is 525 g/mol. The lowest BCUT2D eigenvalue weighted by Gasteiger charge is -2.17. The third kappa shape index (κ3) is 8.07. The number of aromatic nitrogens is 4. The molecule has 1 aromatic carbocycles. The summed E-state index contributed by atoms with van der Waals surface area (Å²) in [5.41, 5.74) is 7.70. The maximum absolute atomic E-state index is 12.3. The van der Waals surface area contributed by atoms with Crippen molar-refractivity contribution >= 4 is 54.1 Å². The average molecular weight is 526 g/mol. The standard InChI is InChI=1S/C21H28N5O5PS2/c1-15-3-5-16(6-4-15)20(28)34-12-10-31-32(30-9-11-33-2)14-29-8-7-26-13-23-17-18(26)24-21(22)25-19(17)27/h3-6,13H,7-12,14H2,1-2H3,(H3,22,24,25,27). The largest absolute Gasteiger partial charge is 0.370 e. The predicted molar refractivity (Wildman–Crippen MR) is 139 cm³/mol. The van der Waals surface area contributed by atoms with E-state index in [-0.39, 0.29) is 22.1 Å². The summed E-state index contributed by atoms with van der Waals surface area (Å²) in [4.78, 5) is 34.8. The van der Waals surface area contributed by atoms with E-state index in [9.17, 15) is 9.59 Å². The highest BCUT2D eigenvalue weighted by Gasteiger charge is 2.14. The number of nitrogen functional groups attached to an aromatic ring is 1. The lowest BCUT2D eigenvalue weighted by atomic mass is 10.2. The fraction of sp³-hybridized carbons (Fsp3) is 0.429. The van der Waals surface area contributed by atoms with Gasteiger partial charge in [0, 0.05) is 23.6 Å². The van der Waals surface area contributed by atoms with E-state index >= 15 is 0 Å². The van der Waals surface area contributed by atoms with Gasteiger partial charge in [0.2, 0.25) is 11.1 Å². The zero-order valence-corrected chi connectivity index (χ0v) is 21.6. The van der Waals surface area contributed by atoms with Crippen molar-refractivity contribution in [3.05, 3.63) is 52.1 Å². The van der Waals surface area contributed by atoms with E-state index < -0.39 is 8.38 Å². The van der Waals surface area contributed by atoms with Gasteiger partial charge in [-0.3, -0.25) is 14.6 Å². The van der Waals surface area contributed by atoms with Crippen molar-refractivity contribution in [3.8, 4) is 0 Å². The number of thioether (sulfide) groups is 2. The summed E-state index contributed by atoms with van der Waals surface area (Å²) in [5.74, 6) is 1.42. The van der Waals surface area contributed by atoms with E-state index in [1.165, 1.54) is 18.1 Å². The molecule has 2 heterocycles. The number of benzene rings is 1. The molecule has 0 radical (unpaired) electrons. The molecule has 0 aliphatic heterocycles. The maximum Gasteiger partial charge on any atom is 0.280 e. The molecule has 0 bridgehead atoms. The molecule has 3 rings (SSSR count). The Balaban J connectivity index is 1.42. The highest BCUT2D eigenvalue weighted by Crippen LogP contribution is 2.38. The van der Waals surface area contributed by atoms with E-state index in [2.05, 4.69) is 15.0 Å². The van der Waals surface area contributed by atoms with Crippen molar-refractivity contribution in [2.75, 3.05) is 49.7 Å². The van der Waals surface area contributed by atoms with Crippen molar-refractivity contribution in [1.29, 1.82) is 0 Å². The van der Waals surface area contributed by atoms with Crippen LogP contribution in [-0.2, 0) is 20.3 Å². The Labute approximate surface area is 207 Å². The minimum atomic E-state index is -1.25. The lowest BCUT2D eigenvalue weighted by Crippen LogP contribution is -2.13. The molecule has 1 unspecified atom stereocenters. The van der Waals surface area contributed by atoms with Gasteiger partial charge >= 0.3 is 0 Å². The van der Waals surface area contributed by atoms with Crippen LogP contribution in [0.4, 0.5) is 5.95 Å². The summed E-state index contributed by atoms with van der Waals surface area (Å²) in [5, 5.41) is 0.0214. The Bertz CT molecular complexity index is 1120. The molecule has 0 saturated carbocycles. The second-order valence-corrected chi connectivity index (χ2v) is 10.6. The smallest absolute Gasteiger partial charge is 0.280 e. The molecule has 0 aliphatic rings. The third-order valence-corrected chi connectivity index (χ3v) is 7.31. The first-order chi connectivity index (χ1) is 16.5. The van der Waals surface area contributed by atoms with Gasteiger partial charge in [-0.2, -0.15) is 16.7 Å². The summed E-state index contributed by atoms with van der Waals surface area (Å²) in [7, 11) is -1.25. The van der Waals surface area contributed by atoms with Gasteiger partial charge in [0.25, 0.3) is 5.56 Å². The van der Waals surface area contributed by atoms with Crippen LogP contribution in [0.15, 0.2) is 35.4 Å². The first kappa shape index (κ1) is 26.7. The minimum Gasteiger partial charge on any atom is -0.370 e. The number of fused-ring (bicyclic) bond motifs is 1. The molecule has 0 spiro atoms. The average Bonchev–Trinajstić information content (AvgIpc) is 3.22. The highest BCUT2D eigenvalue weighted by molar-refractivity contribution is 8.14. The minimum absolute atomic E-state index is 0.0214. The topological polar surface area (TPSA) is 134 Å². The number of imidazole rings is 1. The molecule has 0 saturated heterocycles. The van der Waals surface area contributed by atoms with Gasteiger partial charge in [-0.05, 0) is 13.2 Å². The van der Waals surface area contributed by atoms with Crippen LogP contribution in [0.5, 0.6) is 0 Å². The Hall–Kier alpha value is -1.95. The summed E-state index contributed by atoms with van der Waals surface area (Å²) in [6.45, 7) is 3.73. The highest BCUT2D eigenvalue weighted by atomic mass is 32.2. The zero-order valence-electron chi connectivity index (χ0n) is 19.1. The molecular formula is C21H28N5O5PS2. The lowest BCUT2D eigenvalue weighted by molar-refractivity contribution is 0.108. The van der Waals surface area contributed by atoms with Crippen LogP contribution in [-0.4, -0.2) is 68.6 Å². The first-order valence-corrected chi connectivity index (χ1v) is 14.3. The SMILES string of the molecule is CSCCOP(COCCn1cnc2c(=O)[nH]c(N)nc21)OCCSC(=O)c1ccc(C)cc1. The number of H-pyrrole nitrogens is 1. The molecule has 13 heteroatoms. The van der Waals surface area contributed by atoms with Gasteiger partial charge < -0.3 is 24.1 Å². The molecule has 10 nitrogen and oxygen atoms in total. The fourth-order valence-electron chi connectivity index (χ4n) is 2.82. The first-order valence-electron chi connectivity index (χ1n) is 10.5. The van der Waals surface area contributed by atoms with Crippen LogP contribution in [0, 0.1) is 6.92 Å². The summed E-state index contributed by atoms with van der Waals surface area (Å²) in [6, 6.07) is 7.52. The Kier molecular flexibility index (Phi) is 10.8. The van der Waals surface area contributed by atoms with Crippen LogP contribution in [0.1, 0.15) is 15.9 Å². The summed E-state index contributed by atoms with van der Waals surface area (Å²) in [6.07, 6.45) is 3.84. The van der Waals surface area contributed by atoms with Crippen molar-refractivity contribution in [1.82, 2.24) is 19.5 Å². The van der Waals surface area contributed by atoms with Gasteiger partial charge in [-0.25, -0.2) is 4.98 Å². The van der Waals surface area contributed by atoms with Gasteiger partial charge in [0.1, 0.15) is 6.35 Å². The molecule has 0 amide bonds. The van der Waals surface area contributed by atoms with Crippen molar-refractivity contribution < 1.29 is 18.6 Å². The second kappa shape index (κ2) is 13.8. The summed E-state index contributed by atoms with van der Waals surface area (Å²) < 4.78 is 19.2. The van der Waals surface area contributed by atoms with E-state index in [0.717, 1.165) is 11.3 Å². The van der Waals surface area contributed by atoms with Gasteiger partial charge in [-0.1, -0.05) is 41.6 Å². The van der Waals surface area contributed by atoms with E-state index in [1.54, 1.807) is 16.3 Å². The molecule has 2 aromatic heterocycles. The maximum atomic E-state index is 12.3. The number of carbonyl (C=O) groups is 1. The zero-order chi connectivity index (χ0) is 24.3. The number of nitrogens with one attached hydrogen (secondary N) is 1. The molecule has 3 aromatic rings. The van der Waals surface area contributed by atoms with Crippen LogP contribution in [0.2, 0.25) is 0 Å². The Morgan fingerprint density at radius 3 is 2.65 bits per heavy atom. The van der Waals surface area contributed by atoms with E-state index in [4.69, 9.17) is 19.5 Å². The van der Waals surface area contributed by atoms with Crippen molar-refractivity contribution in [2.45, 2.75) is 13.5 Å². The number of anilines is 1. The second-order valence-electron chi connectivity index (χ2n) is 7.09. The van der Waals surface area contributed by atoms with Crippen LogP contribution < -0.4 is 11.3 Å². The summed E-state index contributed by atoms with van der Waals surface area (Å²) >= 11 is 2.92. The number of ether oxygens (including phenoxy) is 1. The normalized spacial score (nSPS) is 12.3. The molecule has 1 atom stereocenters. The number of nitrogens with zero attached hydrogens (tertiary/aromatic N) is 3. The van der Waals surface area contributed by atoms with Crippen LogP contribution in [0.3, 0.4) is 0 Å². The fourth-order valence-corrected chi connectivity index (χ4v) is 5.06. The number of rotatable bonds is 14. The number of aromatic amines is 1. The Morgan fingerprint density at radius 1 is 1.18 bits per heavy atom. The molecule has 3 N–H and O–H groups in total. The number of aryl methyl sites for hydroxylation is 1. The van der Waals surface area contributed by atoms with Gasteiger partial charge in [0.15, 0.2) is 19.5 Å². The quantitative estimate of drug-likeness (QED) is 0.238.